The molecule has 0 aliphatic carbocycles. The number of nitro groups is 1. The first-order chi connectivity index (χ1) is 12.5. The molecule has 0 fully saturated rings. The number of halogens is 1. The quantitative estimate of drug-likeness (QED) is 0.429. The van der Waals surface area contributed by atoms with Crippen molar-refractivity contribution in [3.63, 3.8) is 0 Å². The Balaban J connectivity index is 1.83. The lowest BCUT2D eigenvalue weighted by Crippen LogP contribution is -2.32. The normalized spacial score (nSPS) is 10.7. The standard InChI is InChI=1S/C18H15ClN2O4S/c19-16-4-3-14(10-17(16)21(23)24)18(22)20(11-13-6-8-25-12-13)7-5-15-2-1-9-26-15/h1-4,6,8-10,12H,5,7,11H2. The number of amides is 1. The van der Waals surface area contributed by atoms with Gasteiger partial charge in [-0.25, -0.2) is 0 Å². The number of carbonyl (C=O) groups is 1. The van der Waals surface area contributed by atoms with Crippen molar-refractivity contribution in [1.29, 1.82) is 0 Å². The van der Waals surface area contributed by atoms with Gasteiger partial charge in [0.05, 0.1) is 17.4 Å². The molecule has 2 aromatic heterocycles. The summed E-state index contributed by atoms with van der Waals surface area (Å²) in [7, 11) is 0. The van der Waals surface area contributed by atoms with Gasteiger partial charge in [0.25, 0.3) is 11.6 Å². The number of hydrogen-bond donors (Lipinski definition) is 0. The van der Waals surface area contributed by atoms with E-state index in [1.165, 1.54) is 18.2 Å². The van der Waals surface area contributed by atoms with Crippen LogP contribution in [0.1, 0.15) is 20.8 Å². The summed E-state index contributed by atoms with van der Waals surface area (Å²) < 4.78 is 5.07. The van der Waals surface area contributed by atoms with Crippen molar-refractivity contribution in [1.82, 2.24) is 4.90 Å². The van der Waals surface area contributed by atoms with Crippen LogP contribution in [0.5, 0.6) is 0 Å². The highest BCUT2D eigenvalue weighted by molar-refractivity contribution is 7.09. The molecular formula is C18H15ClN2O4S. The molecule has 0 spiro atoms. The number of thiophene rings is 1. The number of rotatable bonds is 7. The average molecular weight is 391 g/mol. The van der Waals surface area contributed by atoms with E-state index in [4.69, 9.17) is 16.0 Å². The topological polar surface area (TPSA) is 76.6 Å². The Morgan fingerprint density at radius 1 is 1.31 bits per heavy atom. The minimum absolute atomic E-state index is 0.00604. The molecule has 6 nitrogen and oxygen atoms in total. The molecule has 8 heteroatoms. The molecule has 0 saturated carbocycles. The average Bonchev–Trinajstić information content (AvgIpc) is 3.32. The molecule has 0 aliphatic rings. The van der Waals surface area contributed by atoms with Gasteiger partial charge in [0, 0.05) is 35.2 Å². The fourth-order valence-electron chi connectivity index (χ4n) is 2.52. The maximum atomic E-state index is 12.9. The summed E-state index contributed by atoms with van der Waals surface area (Å²) in [5, 5.41) is 13.1. The van der Waals surface area contributed by atoms with E-state index in [0.717, 1.165) is 10.4 Å². The van der Waals surface area contributed by atoms with Crippen molar-refractivity contribution in [3.8, 4) is 0 Å². The van der Waals surface area contributed by atoms with Crippen LogP contribution < -0.4 is 0 Å². The Kier molecular flexibility index (Phi) is 5.70. The Morgan fingerprint density at radius 3 is 2.81 bits per heavy atom. The van der Waals surface area contributed by atoms with Gasteiger partial charge in [-0.2, -0.15) is 0 Å². The van der Waals surface area contributed by atoms with Crippen LogP contribution in [0, 0.1) is 10.1 Å². The van der Waals surface area contributed by atoms with Crippen LogP contribution in [0.15, 0.2) is 58.7 Å². The smallest absolute Gasteiger partial charge is 0.288 e. The number of furan rings is 1. The molecule has 0 N–H and O–H groups in total. The maximum absolute atomic E-state index is 12.9. The lowest BCUT2D eigenvalue weighted by Gasteiger charge is -2.22. The van der Waals surface area contributed by atoms with Gasteiger partial charge in [0.15, 0.2) is 0 Å². The molecular weight excluding hydrogens is 376 g/mol. The van der Waals surface area contributed by atoms with Crippen LogP contribution in [0.4, 0.5) is 5.69 Å². The van der Waals surface area contributed by atoms with E-state index in [2.05, 4.69) is 0 Å². The number of benzene rings is 1. The van der Waals surface area contributed by atoms with Crippen LogP contribution in [0.3, 0.4) is 0 Å². The molecule has 134 valence electrons. The van der Waals surface area contributed by atoms with Crippen LogP contribution in [-0.2, 0) is 13.0 Å². The number of nitrogens with zero attached hydrogens (tertiary/aromatic N) is 2. The second-order valence-corrected chi connectivity index (χ2v) is 7.05. The van der Waals surface area contributed by atoms with Crippen LogP contribution in [0.25, 0.3) is 0 Å². The van der Waals surface area contributed by atoms with Gasteiger partial charge >= 0.3 is 0 Å². The van der Waals surface area contributed by atoms with Crippen molar-refractivity contribution < 1.29 is 14.1 Å². The zero-order valence-electron chi connectivity index (χ0n) is 13.6. The van der Waals surface area contributed by atoms with E-state index in [-0.39, 0.29) is 22.2 Å². The van der Waals surface area contributed by atoms with Crippen LogP contribution in [0.2, 0.25) is 5.02 Å². The van der Waals surface area contributed by atoms with E-state index >= 15 is 0 Å². The zero-order valence-corrected chi connectivity index (χ0v) is 15.2. The Bertz CT molecular complexity index is 894. The van der Waals surface area contributed by atoms with Crippen molar-refractivity contribution >= 4 is 34.5 Å². The highest BCUT2D eigenvalue weighted by Gasteiger charge is 2.21. The largest absolute Gasteiger partial charge is 0.472 e. The predicted molar refractivity (Wildman–Crippen MR) is 99.6 cm³/mol. The third kappa shape index (κ3) is 4.30. The fourth-order valence-corrected chi connectivity index (χ4v) is 3.41. The molecule has 0 aliphatic heterocycles. The van der Waals surface area contributed by atoms with Crippen LogP contribution >= 0.6 is 22.9 Å². The lowest BCUT2D eigenvalue weighted by atomic mass is 10.1. The Labute approximate surface area is 158 Å². The third-order valence-corrected chi connectivity index (χ3v) is 5.09. The van der Waals surface area contributed by atoms with Gasteiger partial charge in [-0.3, -0.25) is 14.9 Å². The second-order valence-electron chi connectivity index (χ2n) is 5.61. The molecule has 1 amide bonds. The minimum Gasteiger partial charge on any atom is -0.472 e. The van der Waals surface area contributed by atoms with E-state index in [9.17, 15) is 14.9 Å². The van der Waals surface area contributed by atoms with Gasteiger partial charge in [0.1, 0.15) is 5.02 Å². The number of carbonyl (C=O) groups excluding carboxylic acids is 1. The summed E-state index contributed by atoms with van der Waals surface area (Å²) in [4.78, 5) is 26.3. The summed E-state index contributed by atoms with van der Waals surface area (Å²) >= 11 is 7.47. The Morgan fingerprint density at radius 2 is 2.15 bits per heavy atom. The summed E-state index contributed by atoms with van der Waals surface area (Å²) in [6.07, 6.45) is 3.83. The second kappa shape index (κ2) is 8.16. The molecule has 0 saturated heterocycles. The Hall–Kier alpha value is -2.64. The predicted octanol–water partition coefficient (Wildman–Crippen LogP) is 4.79. The third-order valence-electron chi connectivity index (χ3n) is 3.84. The summed E-state index contributed by atoms with van der Waals surface area (Å²) in [5.74, 6) is -0.289. The lowest BCUT2D eigenvalue weighted by molar-refractivity contribution is -0.384. The van der Waals surface area contributed by atoms with Gasteiger partial charge in [-0.05, 0) is 36.1 Å². The number of nitro benzene ring substituents is 1. The molecule has 0 radical (unpaired) electrons. The van der Waals surface area contributed by atoms with Crippen molar-refractivity contribution in [2.45, 2.75) is 13.0 Å². The van der Waals surface area contributed by atoms with Gasteiger partial charge in [-0.1, -0.05) is 17.7 Å². The summed E-state index contributed by atoms with van der Waals surface area (Å²) in [6, 6.07) is 9.87. The SMILES string of the molecule is O=C(c1ccc(Cl)c([N+](=O)[O-])c1)N(CCc1cccs1)Cc1ccoc1. The maximum Gasteiger partial charge on any atom is 0.288 e. The van der Waals surface area contributed by atoms with Gasteiger partial charge in [-0.15, -0.1) is 11.3 Å². The molecule has 3 aromatic rings. The molecule has 0 unspecified atom stereocenters. The van der Waals surface area contributed by atoms with Crippen molar-refractivity contribution in [2.75, 3.05) is 6.54 Å². The number of hydrogen-bond acceptors (Lipinski definition) is 5. The molecule has 0 bridgehead atoms. The minimum atomic E-state index is -0.592. The molecule has 1 aromatic carbocycles. The first kappa shape index (κ1) is 18.2. The highest BCUT2D eigenvalue weighted by Crippen LogP contribution is 2.26. The summed E-state index contributed by atoms with van der Waals surface area (Å²) in [5.41, 5.74) is 0.808. The van der Waals surface area contributed by atoms with E-state index in [0.29, 0.717) is 19.5 Å². The molecule has 3 rings (SSSR count). The fraction of sp³-hybridized carbons (Fsp3) is 0.167. The van der Waals surface area contributed by atoms with E-state index in [1.54, 1.807) is 34.8 Å². The van der Waals surface area contributed by atoms with Gasteiger partial charge in [0.2, 0.25) is 0 Å². The molecule has 2 heterocycles. The van der Waals surface area contributed by atoms with Crippen molar-refractivity contribution in [3.05, 3.63) is 85.4 Å². The monoisotopic (exact) mass is 390 g/mol. The highest BCUT2D eigenvalue weighted by atomic mass is 35.5. The van der Waals surface area contributed by atoms with E-state index < -0.39 is 4.92 Å². The summed E-state index contributed by atoms with van der Waals surface area (Å²) in [6.45, 7) is 0.845. The molecule has 26 heavy (non-hydrogen) atoms. The first-order valence-corrected chi connectivity index (χ1v) is 9.07. The molecule has 0 atom stereocenters. The van der Waals surface area contributed by atoms with Crippen molar-refractivity contribution in [2.24, 2.45) is 0 Å². The van der Waals surface area contributed by atoms with Gasteiger partial charge < -0.3 is 9.32 Å². The van der Waals surface area contributed by atoms with E-state index in [1.807, 2.05) is 17.5 Å². The zero-order chi connectivity index (χ0) is 18.5. The first-order valence-electron chi connectivity index (χ1n) is 7.81. The van der Waals surface area contributed by atoms with Crippen LogP contribution in [-0.4, -0.2) is 22.3 Å².